The molecule has 1 atom stereocenters. The second-order valence-electron chi connectivity index (χ2n) is 6.30. The number of hydrogen-bond donors (Lipinski definition) is 3. The van der Waals surface area contributed by atoms with Gasteiger partial charge in [0.1, 0.15) is 17.5 Å². The van der Waals surface area contributed by atoms with E-state index in [4.69, 9.17) is 34.3 Å². The Morgan fingerprint density at radius 1 is 1.28 bits per heavy atom. The molecule has 1 heterocycles. The number of aromatic nitrogens is 1. The second-order valence-corrected chi connectivity index (χ2v) is 8.48. The van der Waals surface area contributed by atoms with Crippen LogP contribution in [0, 0.1) is 3.95 Å². The lowest BCUT2D eigenvalue weighted by Gasteiger charge is -2.11. The van der Waals surface area contributed by atoms with Crippen molar-refractivity contribution in [3.05, 3.63) is 67.4 Å². The van der Waals surface area contributed by atoms with Crippen molar-refractivity contribution in [2.75, 3.05) is 7.11 Å². The minimum atomic E-state index is -0.699. The maximum atomic E-state index is 11.4. The Morgan fingerprint density at radius 2 is 1.97 bits per heavy atom. The highest BCUT2D eigenvalue weighted by Crippen LogP contribution is 2.31. The van der Waals surface area contributed by atoms with Crippen LogP contribution in [0.5, 0.6) is 17.4 Å². The maximum absolute atomic E-state index is 11.4. The van der Waals surface area contributed by atoms with E-state index in [0.717, 1.165) is 16.0 Å². The topological polar surface area (TPSA) is 97.6 Å². The van der Waals surface area contributed by atoms with Crippen molar-refractivity contribution in [1.29, 1.82) is 0 Å². The molecule has 0 saturated carbocycles. The molecule has 0 aliphatic rings. The molecule has 0 bridgehead atoms. The molecular weight excluding hydrogens is 432 g/mol. The Bertz CT molecular complexity index is 1060. The minimum Gasteiger partial charge on any atom is -0.494 e. The van der Waals surface area contributed by atoms with Gasteiger partial charge < -0.3 is 25.3 Å². The van der Waals surface area contributed by atoms with E-state index >= 15 is 0 Å². The summed E-state index contributed by atoms with van der Waals surface area (Å²) in [6.07, 6.45) is 0.852. The van der Waals surface area contributed by atoms with E-state index in [1.54, 1.807) is 18.2 Å². The van der Waals surface area contributed by atoms with Gasteiger partial charge in [0.25, 0.3) is 0 Å². The third-order valence-corrected chi connectivity index (χ3v) is 5.77. The van der Waals surface area contributed by atoms with Crippen molar-refractivity contribution < 1.29 is 19.4 Å². The Morgan fingerprint density at radius 3 is 2.55 bits per heavy atom. The van der Waals surface area contributed by atoms with Gasteiger partial charge in [-0.05, 0) is 54.0 Å². The number of methoxy groups -OCH3 is 1. The summed E-state index contributed by atoms with van der Waals surface area (Å²) >= 11 is 12.7. The summed E-state index contributed by atoms with van der Waals surface area (Å²) in [5.41, 5.74) is 7.53. The zero-order valence-electron chi connectivity index (χ0n) is 15.5. The zero-order chi connectivity index (χ0) is 21.0. The average Bonchev–Trinajstić information content (AvgIpc) is 3.01. The van der Waals surface area contributed by atoms with Crippen LogP contribution in [-0.2, 0) is 22.4 Å². The summed E-state index contributed by atoms with van der Waals surface area (Å²) in [5, 5.41) is 10.4. The second kappa shape index (κ2) is 9.41. The molecule has 9 heteroatoms. The van der Waals surface area contributed by atoms with Crippen LogP contribution < -0.4 is 10.5 Å². The van der Waals surface area contributed by atoms with E-state index in [1.165, 1.54) is 18.4 Å². The van der Waals surface area contributed by atoms with Gasteiger partial charge >= 0.3 is 5.97 Å². The molecule has 0 spiro atoms. The number of nitrogens with one attached hydrogen (secondary N) is 1. The lowest BCUT2D eigenvalue weighted by molar-refractivity contribution is -0.142. The number of carbonyl (C=O) groups is 1. The van der Waals surface area contributed by atoms with Crippen molar-refractivity contribution >= 4 is 41.1 Å². The van der Waals surface area contributed by atoms with Gasteiger partial charge in [-0.25, -0.2) is 0 Å². The first-order valence-electron chi connectivity index (χ1n) is 8.65. The molecule has 3 aromatic rings. The number of H-pyrrole nitrogens is 1. The molecule has 29 heavy (non-hydrogen) atoms. The average molecular weight is 451 g/mol. The van der Waals surface area contributed by atoms with Crippen LogP contribution in [0.4, 0.5) is 0 Å². The van der Waals surface area contributed by atoms with Gasteiger partial charge in [0, 0.05) is 11.4 Å². The van der Waals surface area contributed by atoms with Crippen molar-refractivity contribution in [2.45, 2.75) is 18.9 Å². The van der Waals surface area contributed by atoms with E-state index < -0.39 is 12.0 Å². The normalized spacial score (nSPS) is 11.8. The van der Waals surface area contributed by atoms with Gasteiger partial charge in [0.2, 0.25) is 5.88 Å². The molecule has 1 aromatic heterocycles. The first-order valence-corrected chi connectivity index (χ1v) is 10.3. The Labute approximate surface area is 181 Å². The molecule has 152 valence electrons. The Kier molecular flexibility index (Phi) is 6.92. The third kappa shape index (κ3) is 5.57. The molecule has 3 rings (SSSR count). The van der Waals surface area contributed by atoms with Crippen LogP contribution in [0.25, 0.3) is 0 Å². The lowest BCUT2D eigenvalue weighted by atomic mass is 10.1. The van der Waals surface area contributed by atoms with Crippen LogP contribution in [-0.4, -0.2) is 29.2 Å². The first kappa shape index (κ1) is 21.3. The van der Waals surface area contributed by atoms with Gasteiger partial charge in [-0.15, -0.1) is 11.3 Å². The van der Waals surface area contributed by atoms with E-state index in [0.29, 0.717) is 33.3 Å². The molecule has 0 aliphatic heterocycles. The number of carbonyl (C=O) groups excluding carboxylic acids is 1. The first-order chi connectivity index (χ1) is 13.9. The van der Waals surface area contributed by atoms with Gasteiger partial charge in [-0.1, -0.05) is 29.8 Å². The van der Waals surface area contributed by atoms with Crippen LogP contribution in [0.3, 0.4) is 0 Å². The van der Waals surface area contributed by atoms with Gasteiger partial charge in [0.05, 0.1) is 12.0 Å². The largest absolute Gasteiger partial charge is 0.494 e. The predicted octanol–water partition coefficient (Wildman–Crippen LogP) is 4.59. The fourth-order valence-electron chi connectivity index (χ4n) is 2.70. The third-order valence-electron chi connectivity index (χ3n) is 4.19. The summed E-state index contributed by atoms with van der Waals surface area (Å²) in [6, 6.07) is 12.0. The molecule has 0 aliphatic carbocycles. The number of nitrogens with two attached hydrogens (primary N) is 1. The fourth-order valence-corrected chi connectivity index (χ4v) is 4.08. The lowest BCUT2D eigenvalue weighted by Crippen LogP contribution is -2.33. The SMILES string of the molecule is COC(=O)[C@@H](N)Cc1ccc(Oc2ccc(Cc3sc(=S)[nH]c3O)c(Cl)c2)cc1. The van der Waals surface area contributed by atoms with Gasteiger partial charge in [-0.3, -0.25) is 4.79 Å². The Balaban J connectivity index is 1.66. The monoisotopic (exact) mass is 450 g/mol. The highest BCUT2D eigenvalue weighted by Gasteiger charge is 2.14. The van der Waals surface area contributed by atoms with Crippen LogP contribution in [0.1, 0.15) is 16.0 Å². The highest BCUT2D eigenvalue weighted by atomic mass is 35.5. The van der Waals surface area contributed by atoms with Crippen molar-refractivity contribution in [1.82, 2.24) is 4.98 Å². The minimum absolute atomic E-state index is 0.0726. The smallest absolute Gasteiger partial charge is 0.322 e. The molecule has 0 amide bonds. The van der Waals surface area contributed by atoms with Gasteiger partial charge in [-0.2, -0.15) is 0 Å². The Hall–Kier alpha value is -2.39. The number of rotatable bonds is 7. The number of hydrogen-bond acceptors (Lipinski definition) is 7. The quantitative estimate of drug-likeness (QED) is 0.359. The number of esters is 1. The van der Waals surface area contributed by atoms with Crippen LogP contribution >= 0.6 is 35.2 Å². The molecule has 6 nitrogen and oxygen atoms in total. The molecule has 0 saturated heterocycles. The molecule has 4 N–H and O–H groups in total. The summed E-state index contributed by atoms with van der Waals surface area (Å²) < 4.78 is 11.0. The van der Waals surface area contributed by atoms with Crippen LogP contribution in [0.2, 0.25) is 5.02 Å². The maximum Gasteiger partial charge on any atom is 0.322 e. The van der Waals surface area contributed by atoms with Crippen molar-refractivity contribution in [3.8, 4) is 17.4 Å². The van der Waals surface area contributed by atoms with E-state index in [1.807, 2.05) is 24.3 Å². The summed E-state index contributed by atoms with van der Waals surface area (Å²) in [5.74, 6) is 0.843. The fraction of sp³-hybridized carbons (Fsp3) is 0.200. The summed E-state index contributed by atoms with van der Waals surface area (Å²) in [4.78, 5) is 14.8. The van der Waals surface area contributed by atoms with Crippen LogP contribution in [0.15, 0.2) is 42.5 Å². The van der Waals surface area contributed by atoms with E-state index in [-0.39, 0.29) is 5.88 Å². The number of ether oxygens (including phenoxy) is 2. The molecule has 0 radical (unpaired) electrons. The number of aromatic hydroxyl groups is 1. The molecule has 0 fully saturated rings. The number of aromatic amines is 1. The predicted molar refractivity (Wildman–Crippen MR) is 116 cm³/mol. The zero-order valence-corrected chi connectivity index (χ0v) is 17.9. The molecule has 0 unspecified atom stereocenters. The number of benzene rings is 2. The highest BCUT2D eigenvalue weighted by molar-refractivity contribution is 7.73. The van der Waals surface area contributed by atoms with Crippen molar-refractivity contribution in [3.63, 3.8) is 0 Å². The van der Waals surface area contributed by atoms with E-state index in [9.17, 15) is 9.90 Å². The summed E-state index contributed by atoms with van der Waals surface area (Å²) in [6.45, 7) is 0. The van der Waals surface area contributed by atoms with Gasteiger partial charge in [0.15, 0.2) is 3.95 Å². The molecule has 2 aromatic carbocycles. The molecular formula is C20H19ClN2O4S2. The van der Waals surface area contributed by atoms with E-state index in [2.05, 4.69) is 9.72 Å². The van der Waals surface area contributed by atoms with Crippen molar-refractivity contribution in [2.24, 2.45) is 5.73 Å². The standard InChI is InChI=1S/C20H19ClN2O4S2/c1-26-19(25)16(22)8-11-2-5-13(6-3-11)27-14-7-4-12(15(21)10-14)9-17-18(24)23-20(28)29-17/h2-7,10,16,24H,8-9,22H2,1H3,(H,23,28)/t16-/m0/s1. The summed E-state index contributed by atoms with van der Waals surface area (Å²) in [7, 11) is 1.31. The number of thiazole rings is 1. The number of halogens is 1.